The summed E-state index contributed by atoms with van der Waals surface area (Å²) in [5.41, 5.74) is 1.60. The van der Waals surface area contributed by atoms with Gasteiger partial charge in [-0.25, -0.2) is 8.42 Å². The first-order valence-corrected chi connectivity index (χ1v) is 17.0. The molecular formula is C35H37Cl2N3O5S. The largest absolute Gasteiger partial charge is 0.497 e. The minimum atomic E-state index is -4.24. The van der Waals surface area contributed by atoms with E-state index in [-0.39, 0.29) is 35.5 Å². The van der Waals surface area contributed by atoms with Crippen LogP contribution in [0.1, 0.15) is 31.4 Å². The van der Waals surface area contributed by atoms with Gasteiger partial charge in [0.15, 0.2) is 0 Å². The summed E-state index contributed by atoms with van der Waals surface area (Å²) >= 11 is 12.7. The third-order valence-corrected chi connectivity index (χ3v) is 9.95. The number of nitrogens with one attached hydrogen (secondary N) is 1. The Kier molecular flexibility index (Phi) is 12.1. The molecule has 4 aromatic carbocycles. The molecule has 0 saturated heterocycles. The molecule has 0 heterocycles. The lowest BCUT2D eigenvalue weighted by Crippen LogP contribution is -2.54. The quantitative estimate of drug-likeness (QED) is 0.159. The molecule has 242 valence electrons. The van der Waals surface area contributed by atoms with Crippen LogP contribution >= 0.6 is 23.2 Å². The average Bonchev–Trinajstić information content (AvgIpc) is 3.06. The highest BCUT2D eigenvalue weighted by molar-refractivity contribution is 7.92. The number of anilines is 1. The minimum Gasteiger partial charge on any atom is -0.497 e. The van der Waals surface area contributed by atoms with Crippen molar-refractivity contribution in [1.82, 2.24) is 10.2 Å². The van der Waals surface area contributed by atoms with Crippen LogP contribution in [0.4, 0.5) is 5.69 Å². The third-order valence-electron chi connectivity index (χ3n) is 7.58. The molecule has 0 fully saturated rings. The minimum absolute atomic E-state index is 0.00765. The van der Waals surface area contributed by atoms with Crippen molar-refractivity contribution < 1.29 is 22.7 Å². The summed E-state index contributed by atoms with van der Waals surface area (Å²) < 4.78 is 34.6. The number of carbonyl (C=O) groups excluding carboxylic acids is 2. The third kappa shape index (κ3) is 8.81. The van der Waals surface area contributed by atoms with Crippen LogP contribution in [0.2, 0.25) is 10.0 Å². The lowest BCUT2D eigenvalue weighted by Gasteiger charge is -2.34. The molecule has 2 amide bonds. The molecule has 4 aromatic rings. The monoisotopic (exact) mass is 681 g/mol. The van der Waals surface area contributed by atoms with Crippen molar-refractivity contribution in [2.24, 2.45) is 0 Å². The van der Waals surface area contributed by atoms with Crippen LogP contribution in [0.5, 0.6) is 5.75 Å². The van der Waals surface area contributed by atoms with Crippen molar-refractivity contribution >= 4 is 50.7 Å². The summed E-state index contributed by atoms with van der Waals surface area (Å²) in [6.07, 6.45) is 0.865. The lowest BCUT2D eigenvalue weighted by atomic mass is 10.0. The van der Waals surface area contributed by atoms with E-state index in [2.05, 4.69) is 5.32 Å². The number of sulfonamides is 1. The molecule has 1 N–H and O–H groups in total. The van der Waals surface area contributed by atoms with Crippen LogP contribution in [0.15, 0.2) is 108 Å². The van der Waals surface area contributed by atoms with E-state index in [0.29, 0.717) is 27.8 Å². The first-order chi connectivity index (χ1) is 22.0. The normalized spacial score (nSPS) is 12.5. The Morgan fingerprint density at radius 3 is 2.20 bits per heavy atom. The highest BCUT2D eigenvalue weighted by Gasteiger charge is 2.35. The Hall–Kier alpha value is -4.05. The van der Waals surface area contributed by atoms with Crippen molar-refractivity contribution in [3.05, 3.63) is 124 Å². The number of methoxy groups -OCH3 is 1. The van der Waals surface area contributed by atoms with Crippen molar-refractivity contribution in [3.8, 4) is 5.75 Å². The fourth-order valence-electron chi connectivity index (χ4n) is 4.84. The first kappa shape index (κ1) is 34.8. The Bertz CT molecular complexity index is 1740. The standard InChI is InChI=1S/C35H37Cl2N3O5S/c1-4-25(2)38-35(42)33(20-26-12-7-5-8-13-26)39(23-27-18-19-28(36)21-32(27)37)34(41)24-40(29-14-11-15-30(22-29)45-3)46(43,44)31-16-9-6-10-17-31/h5-19,21-22,25,33H,4,20,23-24H2,1-3H3,(H,38,42)/t25-,33-/m0/s1. The van der Waals surface area contributed by atoms with E-state index in [4.69, 9.17) is 27.9 Å². The highest BCUT2D eigenvalue weighted by atomic mass is 35.5. The van der Waals surface area contributed by atoms with Gasteiger partial charge < -0.3 is 15.0 Å². The van der Waals surface area contributed by atoms with Gasteiger partial charge in [0.25, 0.3) is 10.0 Å². The predicted octanol–water partition coefficient (Wildman–Crippen LogP) is 6.75. The van der Waals surface area contributed by atoms with Crippen LogP contribution in [-0.4, -0.2) is 50.9 Å². The number of hydrogen-bond acceptors (Lipinski definition) is 5. The molecule has 0 aromatic heterocycles. The molecule has 0 radical (unpaired) electrons. The lowest BCUT2D eigenvalue weighted by molar-refractivity contribution is -0.140. The van der Waals surface area contributed by atoms with E-state index in [9.17, 15) is 18.0 Å². The first-order valence-electron chi connectivity index (χ1n) is 14.8. The molecule has 0 unspecified atom stereocenters. The molecule has 0 aliphatic heterocycles. The van der Waals surface area contributed by atoms with Gasteiger partial charge in [0.1, 0.15) is 18.3 Å². The van der Waals surface area contributed by atoms with Crippen molar-refractivity contribution in [3.63, 3.8) is 0 Å². The molecule has 2 atom stereocenters. The van der Waals surface area contributed by atoms with Crippen LogP contribution in [0.25, 0.3) is 0 Å². The molecule has 46 heavy (non-hydrogen) atoms. The number of ether oxygens (including phenoxy) is 1. The molecule has 0 aliphatic carbocycles. The smallest absolute Gasteiger partial charge is 0.264 e. The van der Waals surface area contributed by atoms with Gasteiger partial charge >= 0.3 is 0 Å². The van der Waals surface area contributed by atoms with Crippen LogP contribution in [0, 0.1) is 0 Å². The van der Waals surface area contributed by atoms with Crippen molar-refractivity contribution in [2.75, 3.05) is 18.0 Å². The number of carbonyl (C=O) groups is 2. The number of halogens is 2. The fourth-order valence-corrected chi connectivity index (χ4v) is 6.74. The van der Waals surface area contributed by atoms with Gasteiger partial charge in [0.2, 0.25) is 11.8 Å². The molecule has 0 spiro atoms. The number of rotatable bonds is 14. The van der Waals surface area contributed by atoms with Gasteiger partial charge in [0.05, 0.1) is 17.7 Å². The summed E-state index contributed by atoms with van der Waals surface area (Å²) in [5.74, 6) is -0.554. The van der Waals surface area contributed by atoms with Crippen molar-refractivity contribution in [1.29, 1.82) is 0 Å². The summed E-state index contributed by atoms with van der Waals surface area (Å²) in [5, 5.41) is 3.75. The van der Waals surface area contributed by atoms with E-state index in [1.807, 2.05) is 44.2 Å². The van der Waals surface area contributed by atoms with Gasteiger partial charge in [0, 0.05) is 35.1 Å². The Morgan fingerprint density at radius 2 is 1.57 bits per heavy atom. The predicted molar refractivity (Wildman–Crippen MR) is 183 cm³/mol. The van der Waals surface area contributed by atoms with Gasteiger partial charge in [-0.3, -0.25) is 13.9 Å². The molecule has 8 nitrogen and oxygen atoms in total. The van der Waals surface area contributed by atoms with Gasteiger partial charge in [-0.1, -0.05) is 90.8 Å². The second-order valence-electron chi connectivity index (χ2n) is 10.8. The van der Waals surface area contributed by atoms with Crippen LogP contribution in [0.3, 0.4) is 0 Å². The van der Waals surface area contributed by atoms with Crippen LogP contribution in [-0.2, 0) is 32.6 Å². The van der Waals surface area contributed by atoms with E-state index < -0.39 is 28.5 Å². The number of nitrogens with zero attached hydrogens (tertiary/aromatic N) is 2. The zero-order chi connectivity index (χ0) is 33.3. The summed E-state index contributed by atoms with van der Waals surface area (Å²) in [7, 11) is -2.76. The van der Waals surface area contributed by atoms with E-state index in [0.717, 1.165) is 9.87 Å². The Balaban J connectivity index is 1.83. The zero-order valence-corrected chi connectivity index (χ0v) is 28.2. The number of benzene rings is 4. The molecule has 0 bridgehead atoms. The maximum absolute atomic E-state index is 14.6. The molecule has 0 aliphatic rings. The molecule has 0 saturated carbocycles. The summed E-state index contributed by atoms with van der Waals surface area (Å²) in [6, 6.07) is 27.4. The average molecular weight is 683 g/mol. The maximum Gasteiger partial charge on any atom is 0.264 e. The molecular weight excluding hydrogens is 645 g/mol. The number of hydrogen-bond donors (Lipinski definition) is 1. The maximum atomic E-state index is 14.6. The van der Waals surface area contributed by atoms with E-state index in [1.165, 1.54) is 24.1 Å². The van der Waals surface area contributed by atoms with Gasteiger partial charge in [-0.15, -0.1) is 0 Å². The summed E-state index contributed by atoms with van der Waals surface area (Å²) in [6.45, 7) is 3.17. The molecule has 11 heteroatoms. The van der Waals surface area contributed by atoms with E-state index in [1.54, 1.807) is 60.7 Å². The van der Waals surface area contributed by atoms with E-state index >= 15 is 0 Å². The Morgan fingerprint density at radius 1 is 0.891 bits per heavy atom. The SMILES string of the molecule is CC[C@H](C)NC(=O)[C@H](Cc1ccccc1)N(Cc1ccc(Cl)cc1Cl)C(=O)CN(c1cccc(OC)c1)S(=O)(=O)c1ccccc1. The second-order valence-corrected chi connectivity index (χ2v) is 13.5. The topological polar surface area (TPSA) is 96.0 Å². The zero-order valence-electron chi connectivity index (χ0n) is 25.9. The van der Waals surface area contributed by atoms with Crippen molar-refractivity contribution in [2.45, 2.75) is 50.2 Å². The molecule has 4 rings (SSSR count). The fraction of sp³-hybridized carbons (Fsp3) is 0.257. The van der Waals surface area contributed by atoms with Crippen LogP contribution < -0.4 is 14.4 Å². The second kappa shape index (κ2) is 16.0. The Labute approximate surface area is 280 Å². The number of amides is 2. The van der Waals surface area contributed by atoms with Gasteiger partial charge in [-0.2, -0.15) is 0 Å². The van der Waals surface area contributed by atoms with Gasteiger partial charge in [-0.05, 0) is 60.9 Å². The summed E-state index contributed by atoms with van der Waals surface area (Å²) in [4.78, 5) is 29.9. The highest BCUT2D eigenvalue weighted by Crippen LogP contribution is 2.29.